The second-order valence-corrected chi connectivity index (χ2v) is 7.76. The number of hydrogen-bond donors (Lipinski definition) is 3. The summed E-state index contributed by atoms with van der Waals surface area (Å²) in [6.07, 6.45) is 2.31. The molecule has 3 amide bonds. The molecule has 0 fully saturated rings. The van der Waals surface area contributed by atoms with Crippen molar-refractivity contribution in [3.8, 4) is 0 Å². The number of rotatable bonds is 6. The minimum absolute atomic E-state index is 0.272. The number of ether oxygens (including phenoxy) is 1. The lowest BCUT2D eigenvalue weighted by Gasteiger charge is -2.19. The van der Waals surface area contributed by atoms with E-state index >= 15 is 0 Å². The lowest BCUT2D eigenvalue weighted by atomic mass is 10.2. The number of alkyl carbamates (subject to hydrolysis) is 1. The number of nitrogens with one attached hydrogen (secondary N) is 3. The Morgan fingerprint density at radius 3 is 2.30 bits per heavy atom. The van der Waals surface area contributed by atoms with E-state index in [9.17, 15) is 14.4 Å². The highest BCUT2D eigenvalue weighted by Crippen LogP contribution is 2.21. The van der Waals surface area contributed by atoms with Crippen molar-refractivity contribution in [1.29, 1.82) is 0 Å². The van der Waals surface area contributed by atoms with Crippen molar-refractivity contribution in [2.24, 2.45) is 0 Å². The highest BCUT2D eigenvalue weighted by molar-refractivity contribution is 6.30. The summed E-state index contributed by atoms with van der Waals surface area (Å²) in [5.41, 5.74) is 0.949. The van der Waals surface area contributed by atoms with Crippen molar-refractivity contribution in [1.82, 2.24) is 5.32 Å². The summed E-state index contributed by atoms with van der Waals surface area (Å²) >= 11 is 5.93. The van der Waals surface area contributed by atoms with Crippen LogP contribution >= 0.6 is 11.6 Å². The summed E-state index contributed by atoms with van der Waals surface area (Å²) in [6.45, 7) is 4.91. The van der Waals surface area contributed by atoms with Crippen LogP contribution in [0.4, 0.5) is 16.2 Å². The second kappa shape index (κ2) is 10.5. The van der Waals surface area contributed by atoms with Gasteiger partial charge in [0.2, 0.25) is 11.8 Å². The van der Waals surface area contributed by atoms with Crippen LogP contribution in [0.2, 0.25) is 5.02 Å². The molecule has 0 unspecified atom stereocenters. The maximum absolute atomic E-state index is 12.2. The van der Waals surface area contributed by atoms with Gasteiger partial charge in [0.15, 0.2) is 0 Å². The standard InChI is InChI=1S/C22H24ClN3O4/c1-22(2,3)30-21(29)24-14-20(28)26-18-10-5-4-9-17(18)25-19(27)12-11-15-7-6-8-16(23)13-15/h4-13H,14H2,1-3H3,(H,24,29)(H,25,27)(H,26,28)/b12-11+. The Labute approximate surface area is 180 Å². The summed E-state index contributed by atoms with van der Waals surface area (Å²) in [5, 5.41) is 8.32. The van der Waals surface area contributed by atoms with Gasteiger partial charge in [0, 0.05) is 11.1 Å². The molecule has 0 atom stereocenters. The van der Waals surface area contributed by atoms with E-state index in [-0.39, 0.29) is 12.5 Å². The van der Waals surface area contributed by atoms with Gasteiger partial charge in [0.25, 0.3) is 0 Å². The lowest BCUT2D eigenvalue weighted by Crippen LogP contribution is -2.37. The third-order valence-corrected chi connectivity index (χ3v) is 3.76. The quantitative estimate of drug-likeness (QED) is 0.591. The molecule has 0 heterocycles. The molecule has 0 spiro atoms. The Balaban J connectivity index is 1.94. The van der Waals surface area contributed by atoms with Gasteiger partial charge >= 0.3 is 6.09 Å². The smallest absolute Gasteiger partial charge is 0.408 e. The maximum atomic E-state index is 12.2. The van der Waals surface area contributed by atoms with Gasteiger partial charge in [0.05, 0.1) is 11.4 Å². The average Bonchev–Trinajstić information content (AvgIpc) is 2.65. The molecule has 0 saturated heterocycles. The Kier molecular flexibility index (Phi) is 8.00. The van der Waals surface area contributed by atoms with Crippen molar-refractivity contribution in [3.63, 3.8) is 0 Å². The Bertz CT molecular complexity index is 951. The first-order valence-electron chi connectivity index (χ1n) is 9.23. The van der Waals surface area contributed by atoms with Crippen LogP contribution in [0, 0.1) is 0 Å². The van der Waals surface area contributed by atoms with E-state index in [4.69, 9.17) is 16.3 Å². The zero-order valence-electron chi connectivity index (χ0n) is 17.0. The summed E-state index contributed by atoms with van der Waals surface area (Å²) in [6, 6.07) is 13.8. The number of amides is 3. The molecule has 8 heteroatoms. The fourth-order valence-electron chi connectivity index (χ4n) is 2.32. The van der Waals surface area contributed by atoms with Crippen LogP contribution in [0.15, 0.2) is 54.6 Å². The number of para-hydroxylation sites is 2. The van der Waals surface area contributed by atoms with Gasteiger partial charge in [-0.25, -0.2) is 4.79 Å². The number of benzene rings is 2. The molecule has 0 bridgehead atoms. The Hall–Kier alpha value is -3.32. The first kappa shape index (κ1) is 23.0. The molecule has 0 aliphatic heterocycles. The second-order valence-electron chi connectivity index (χ2n) is 7.33. The minimum atomic E-state index is -0.689. The van der Waals surface area contributed by atoms with Crippen molar-refractivity contribution in [3.05, 3.63) is 65.2 Å². The predicted octanol–water partition coefficient (Wildman–Crippen LogP) is 4.46. The summed E-state index contributed by atoms with van der Waals surface area (Å²) in [7, 11) is 0. The molecule has 30 heavy (non-hydrogen) atoms. The average molecular weight is 430 g/mol. The van der Waals surface area contributed by atoms with Gasteiger partial charge in [-0.15, -0.1) is 0 Å². The molecule has 0 saturated carbocycles. The fraction of sp³-hybridized carbons (Fsp3) is 0.227. The number of carbonyl (C=O) groups is 3. The third kappa shape index (κ3) is 8.36. The van der Waals surface area contributed by atoms with E-state index in [0.29, 0.717) is 16.4 Å². The van der Waals surface area contributed by atoms with E-state index in [2.05, 4.69) is 16.0 Å². The van der Waals surface area contributed by atoms with Crippen molar-refractivity contribution >= 4 is 47.0 Å². The first-order chi connectivity index (χ1) is 14.1. The van der Waals surface area contributed by atoms with Crippen molar-refractivity contribution < 1.29 is 19.1 Å². The van der Waals surface area contributed by atoms with Crippen molar-refractivity contribution in [2.75, 3.05) is 17.2 Å². The lowest BCUT2D eigenvalue weighted by molar-refractivity contribution is -0.115. The van der Waals surface area contributed by atoms with Gasteiger partial charge in [-0.1, -0.05) is 35.9 Å². The summed E-state index contributed by atoms with van der Waals surface area (Å²) < 4.78 is 5.08. The number of halogens is 1. The van der Waals surface area contributed by atoms with Crippen LogP contribution in [-0.2, 0) is 14.3 Å². The Morgan fingerprint density at radius 1 is 1.00 bits per heavy atom. The highest BCUT2D eigenvalue weighted by Gasteiger charge is 2.17. The molecule has 0 aliphatic carbocycles. The van der Waals surface area contributed by atoms with Crippen LogP contribution in [-0.4, -0.2) is 30.1 Å². The number of hydrogen-bond acceptors (Lipinski definition) is 4. The maximum Gasteiger partial charge on any atom is 0.408 e. The van der Waals surface area contributed by atoms with E-state index in [1.807, 2.05) is 6.07 Å². The fourth-order valence-corrected chi connectivity index (χ4v) is 2.52. The van der Waals surface area contributed by atoms with Crippen LogP contribution in [0.3, 0.4) is 0 Å². The molecule has 2 aromatic rings. The molecular formula is C22H24ClN3O4. The Morgan fingerprint density at radius 2 is 1.67 bits per heavy atom. The molecule has 0 aliphatic rings. The van der Waals surface area contributed by atoms with E-state index in [0.717, 1.165) is 5.56 Å². The summed E-state index contributed by atoms with van der Waals surface area (Å²) in [5.74, 6) is -0.833. The zero-order chi connectivity index (χ0) is 22.1. The zero-order valence-corrected chi connectivity index (χ0v) is 17.7. The van der Waals surface area contributed by atoms with Crippen LogP contribution in [0.25, 0.3) is 6.08 Å². The molecule has 2 rings (SSSR count). The van der Waals surface area contributed by atoms with Crippen LogP contribution in [0.5, 0.6) is 0 Å². The van der Waals surface area contributed by atoms with E-state index in [1.54, 1.807) is 69.3 Å². The van der Waals surface area contributed by atoms with Gasteiger partial charge in [-0.05, 0) is 56.7 Å². The SMILES string of the molecule is CC(C)(C)OC(=O)NCC(=O)Nc1ccccc1NC(=O)/C=C/c1cccc(Cl)c1. The minimum Gasteiger partial charge on any atom is -0.444 e. The summed E-state index contributed by atoms with van der Waals surface area (Å²) in [4.78, 5) is 36.0. The molecular weight excluding hydrogens is 406 g/mol. The first-order valence-corrected chi connectivity index (χ1v) is 9.60. The molecule has 158 valence electrons. The topological polar surface area (TPSA) is 96.5 Å². The number of anilines is 2. The van der Waals surface area contributed by atoms with Gasteiger partial charge in [-0.2, -0.15) is 0 Å². The number of carbonyl (C=O) groups excluding carboxylic acids is 3. The van der Waals surface area contributed by atoms with Gasteiger partial charge < -0.3 is 20.7 Å². The molecule has 0 radical (unpaired) electrons. The van der Waals surface area contributed by atoms with Gasteiger partial charge in [-0.3, -0.25) is 9.59 Å². The largest absolute Gasteiger partial charge is 0.444 e. The monoisotopic (exact) mass is 429 g/mol. The van der Waals surface area contributed by atoms with E-state index in [1.165, 1.54) is 6.08 Å². The highest BCUT2D eigenvalue weighted by atomic mass is 35.5. The predicted molar refractivity (Wildman–Crippen MR) is 118 cm³/mol. The van der Waals surface area contributed by atoms with E-state index < -0.39 is 17.6 Å². The molecule has 3 N–H and O–H groups in total. The normalized spacial score (nSPS) is 11.1. The molecule has 2 aromatic carbocycles. The molecule has 7 nitrogen and oxygen atoms in total. The van der Waals surface area contributed by atoms with Crippen molar-refractivity contribution in [2.45, 2.75) is 26.4 Å². The molecule has 0 aromatic heterocycles. The van der Waals surface area contributed by atoms with Crippen LogP contribution < -0.4 is 16.0 Å². The van der Waals surface area contributed by atoms with Gasteiger partial charge in [0.1, 0.15) is 12.1 Å². The third-order valence-electron chi connectivity index (χ3n) is 3.53. The van der Waals surface area contributed by atoms with Crippen LogP contribution in [0.1, 0.15) is 26.3 Å².